The second kappa shape index (κ2) is 9.25. The molecule has 12 heteroatoms. The van der Waals surface area contributed by atoms with Gasteiger partial charge in [-0.1, -0.05) is 0 Å². The van der Waals surface area contributed by atoms with Gasteiger partial charge in [0.1, 0.15) is 5.75 Å². The first-order chi connectivity index (χ1) is 16.5. The van der Waals surface area contributed by atoms with Crippen molar-refractivity contribution < 1.29 is 32.3 Å². The van der Waals surface area contributed by atoms with E-state index in [-0.39, 0.29) is 56.1 Å². The first kappa shape index (κ1) is 24.6. The lowest BCUT2D eigenvalue weighted by molar-refractivity contribution is -0.151. The Morgan fingerprint density at radius 1 is 1.14 bits per heavy atom. The van der Waals surface area contributed by atoms with Gasteiger partial charge in [0.25, 0.3) is 5.91 Å². The zero-order valence-electron chi connectivity index (χ0n) is 19.7. The average molecular weight is 503 g/mol. The van der Waals surface area contributed by atoms with Crippen LogP contribution in [0.5, 0.6) is 5.75 Å². The summed E-state index contributed by atoms with van der Waals surface area (Å²) in [5, 5.41) is -0.338. The Morgan fingerprint density at radius 2 is 1.80 bits per heavy atom. The summed E-state index contributed by atoms with van der Waals surface area (Å²) in [6, 6.07) is 7.06. The molecule has 3 heterocycles. The van der Waals surface area contributed by atoms with Crippen molar-refractivity contribution in [2.75, 3.05) is 38.0 Å². The molecule has 0 N–H and O–H groups in total. The van der Waals surface area contributed by atoms with Crippen molar-refractivity contribution in [3.05, 3.63) is 41.7 Å². The third kappa shape index (κ3) is 4.70. The van der Waals surface area contributed by atoms with Crippen LogP contribution in [0.25, 0.3) is 0 Å². The minimum atomic E-state index is -3.70. The molecule has 35 heavy (non-hydrogen) atoms. The van der Waals surface area contributed by atoms with Gasteiger partial charge in [-0.2, -0.15) is 0 Å². The van der Waals surface area contributed by atoms with E-state index in [4.69, 9.17) is 9.47 Å². The number of carbonyl (C=O) groups excluding carboxylic acids is 3. The van der Waals surface area contributed by atoms with Crippen LogP contribution >= 0.6 is 0 Å². The van der Waals surface area contributed by atoms with Gasteiger partial charge in [0, 0.05) is 43.7 Å². The van der Waals surface area contributed by atoms with Crippen molar-refractivity contribution in [3.8, 4) is 5.75 Å². The molecule has 0 bridgehead atoms. The fraction of sp³-hybridized carbons (Fsp3) is 0.435. The van der Waals surface area contributed by atoms with Gasteiger partial charge in [-0.15, -0.1) is 0 Å². The number of sulfone groups is 1. The van der Waals surface area contributed by atoms with E-state index < -0.39 is 21.2 Å². The third-order valence-corrected chi connectivity index (χ3v) is 7.22. The van der Waals surface area contributed by atoms with E-state index in [1.54, 1.807) is 36.3 Å². The van der Waals surface area contributed by atoms with Crippen LogP contribution in [0.1, 0.15) is 31.0 Å². The summed E-state index contributed by atoms with van der Waals surface area (Å²) in [4.78, 5) is 49.1. The fourth-order valence-electron chi connectivity index (χ4n) is 4.51. The SMILES string of the molecule is COc1ccc(N2Cc3cnc(S(C)(=O)=O)nc3C3(CCN(C(=O)COC(C)=O)CC3)C2=O)cc1. The fourth-order valence-corrected chi connectivity index (χ4v) is 5.02. The van der Waals surface area contributed by atoms with E-state index in [0.717, 1.165) is 6.26 Å². The maximum Gasteiger partial charge on any atom is 0.303 e. The molecule has 186 valence electrons. The van der Waals surface area contributed by atoms with Crippen LogP contribution < -0.4 is 9.64 Å². The minimum Gasteiger partial charge on any atom is -0.497 e. The quantitative estimate of drug-likeness (QED) is 0.431. The Hall–Kier alpha value is -3.54. The van der Waals surface area contributed by atoms with Crippen molar-refractivity contribution >= 4 is 33.3 Å². The van der Waals surface area contributed by atoms with Crippen LogP contribution in [0.3, 0.4) is 0 Å². The molecular weight excluding hydrogens is 476 g/mol. The van der Waals surface area contributed by atoms with Crippen molar-refractivity contribution in [3.63, 3.8) is 0 Å². The number of likely N-dealkylation sites (tertiary alicyclic amines) is 1. The van der Waals surface area contributed by atoms with Gasteiger partial charge >= 0.3 is 5.97 Å². The van der Waals surface area contributed by atoms with Gasteiger partial charge in [-0.05, 0) is 37.1 Å². The highest BCUT2D eigenvalue weighted by Crippen LogP contribution is 2.43. The van der Waals surface area contributed by atoms with E-state index >= 15 is 0 Å². The first-order valence-corrected chi connectivity index (χ1v) is 12.9. The zero-order valence-corrected chi connectivity index (χ0v) is 20.5. The summed E-state index contributed by atoms with van der Waals surface area (Å²) < 4.78 is 34.3. The molecule has 0 unspecified atom stereocenters. The highest BCUT2D eigenvalue weighted by Gasteiger charge is 2.51. The van der Waals surface area contributed by atoms with Crippen LogP contribution in [0, 0.1) is 0 Å². The molecule has 4 rings (SSSR count). The smallest absolute Gasteiger partial charge is 0.303 e. The molecule has 0 radical (unpaired) electrons. The molecule has 0 saturated carbocycles. The summed E-state index contributed by atoms with van der Waals surface area (Å²) in [7, 11) is -2.14. The monoisotopic (exact) mass is 502 g/mol. The van der Waals surface area contributed by atoms with Gasteiger partial charge in [0.15, 0.2) is 6.61 Å². The Labute approximate surface area is 203 Å². The van der Waals surface area contributed by atoms with Crippen molar-refractivity contribution in [2.24, 2.45) is 0 Å². The maximum absolute atomic E-state index is 14.0. The Balaban J connectivity index is 1.71. The molecular formula is C23H26N4O7S. The van der Waals surface area contributed by atoms with Gasteiger partial charge < -0.3 is 19.3 Å². The van der Waals surface area contributed by atoms with Gasteiger partial charge in [0.2, 0.25) is 20.9 Å². The Kier molecular flexibility index (Phi) is 6.50. The number of ether oxygens (including phenoxy) is 2. The normalized spacial score (nSPS) is 17.2. The minimum absolute atomic E-state index is 0.182. The summed E-state index contributed by atoms with van der Waals surface area (Å²) in [5.74, 6) is -0.483. The lowest BCUT2D eigenvalue weighted by atomic mass is 9.70. The number of fused-ring (bicyclic) bond motifs is 2. The predicted molar refractivity (Wildman–Crippen MR) is 123 cm³/mol. The molecule has 11 nitrogen and oxygen atoms in total. The van der Waals surface area contributed by atoms with E-state index in [1.807, 2.05) is 0 Å². The van der Waals surface area contributed by atoms with Crippen molar-refractivity contribution in [2.45, 2.75) is 36.9 Å². The van der Waals surface area contributed by atoms with Crippen molar-refractivity contribution in [1.82, 2.24) is 14.9 Å². The number of esters is 1. The largest absolute Gasteiger partial charge is 0.497 e. The number of methoxy groups -OCH3 is 1. The van der Waals surface area contributed by atoms with Crippen LogP contribution in [0.2, 0.25) is 0 Å². The Bertz CT molecular complexity index is 1270. The molecule has 2 aromatic rings. The lowest BCUT2D eigenvalue weighted by Gasteiger charge is -2.46. The second-order valence-corrected chi connectivity index (χ2v) is 10.5. The number of aromatic nitrogens is 2. The summed E-state index contributed by atoms with van der Waals surface area (Å²) in [5.41, 5.74) is 0.553. The highest BCUT2D eigenvalue weighted by atomic mass is 32.2. The molecule has 1 saturated heterocycles. The molecule has 2 aliphatic rings. The molecule has 1 aromatic carbocycles. The second-order valence-electron chi connectivity index (χ2n) is 8.63. The number of piperidine rings is 1. The van der Waals surface area contributed by atoms with Gasteiger partial charge in [0.05, 0.1) is 24.8 Å². The number of rotatable bonds is 5. The van der Waals surface area contributed by atoms with Gasteiger partial charge in [-0.25, -0.2) is 18.4 Å². The molecule has 2 amide bonds. The summed E-state index contributed by atoms with van der Waals surface area (Å²) >= 11 is 0. The highest BCUT2D eigenvalue weighted by molar-refractivity contribution is 7.90. The van der Waals surface area contributed by atoms with Crippen LogP contribution in [-0.4, -0.2) is 74.1 Å². The number of nitrogens with zero attached hydrogens (tertiary/aromatic N) is 4. The van der Waals surface area contributed by atoms with Crippen LogP contribution in [-0.2, 0) is 40.9 Å². The number of benzene rings is 1. The van der Waals surface area contributed by atoms with Crippen LogP contribution in [0.4, 0.5) is 5.69 Å². The average Bonchev–Trinajstić information content (AvgIpc) is 2.84. The number of amides is 2. The predicted octanol–water partition coefficient (Wildman–Crippen LogP) is 0.859. The standard InChI is InChI=1S/C23H26N4O7S/c1-15(28)34-14-19(29)26-10-8-23(9-11-26)20-16(12-24-22(25-20)35(3,31)32)13-27(21(23)30)17-4-6-18(33-2)7-5-17/h4-7,12H,8-11,13-14H2,1-3H3. The molecule has 1 fully saturated rings. The van der Waals surface area contributed by atoms with E-state index in [9.17, 15) is 22.8 Å². The molecule has 1 spiro atoms. The zero-order chi connectivity index (χ0) is 25.4. The number of carbonyl (C=O) groups is 3. The topological polar surface area (TPSA) is 136 Å². The number of hydrogen-bond acceptors (Lipinski definition) is 9. The molecule has 0 aliphatic carbocycles. The first-order valence-electron chi connectivity index (χ1n) is 11.0. The maximum atomic E-state index is 14.0. The third-order valence-electron chi connectivity index (χ3n) is 6.36. The molecule has 0 atom stereocenters. The van der Waals surface area contributed by atoms with Crippen molar-refractivity contribution in [1.29, 1.82) is 0 Å². The summed E-state index contributed by atoms with van der Waals surface area (Å²) in [6.45, 7) is 1.48. The lowest BCUT2D eigenvalue weighted by Crippen LogP contribution is -2.57. The van der Waals surface area contributed by atoms with E-state index in [1.165, 1.54) is 18.0 Å². The van der Waals surface area contributed by atoms with Crippen LogP contribution in [0.15, 0.2) is 35.6 Å². The molecule has 2 aliphatic heterocycles. The van der Waals surface area contributed by atoms with E-state index in [2.05, 4.69) is 9.97 Å². The Morgan fingerprint density at radius 3 is 2.37 bits per heavy atom. The molecule has 1 aromatic heterocycles. The number of anilines is 1. The van der Waals surface area contributed by atoms with E-state index in [0.29, 0.717) is 22.7 Å². The summed E-state index contributed by atoms with van der Waals surface area (Å²) in [6.07, 6.45) is 2.95. The van der Waals surface area contributed by atoms with Gasteiger partial charge in [-0.3, -0.25) is 14.4 Å². The number of hydrogen-bond donors (Lipinski definition) is 0.